The Morgan fingerprint density at radius 1 is 1.41 bits per heavy atom. The van der Waals surface area contributed by atoms with Gasteiger partial charge in [0.1, 0.15) is 0 Å². The standard InChI is InChI=1S/C16H23N/c1-3-7-15-14-9-6-5-8-13(14)10-11-16(15)17-12-4-2/h3,5-6,8-9,15-17H,1,4,7,10-12H2,2H3/t15-,16+/m0/s1. The molecule has 2 atom stereocenters. The van der Waals surface area contributed by atoms with Crippen molar-refractivity contribution in [1.29, 1.82) is 0 Å². The first kappa shape index (κ1) is 12.4. The summed E-state index contributed by atoms with van der Waals surface area (Å²) in [6, 6.07) is 9.52. The smallest absolute Gasteiger partial charge is 0.0142 e. The van der Waals surface area contributed by atoms with Crippen LogP contribution in [0.5, 0.6) is 0 Å². The number of hydrogen-bond acceptors (Lipinski definition) is 1. The number of aryl methyl sites for hydroxylation is 1. The normalized spacial score (nSPS) is 23.1. The van der Waals surface area contributed by atoms with Gasteiger partial charge in [-0.25, -0.2) is 0 Å². The van der Waals surface area contributed by atoms with Crippen LogP contribution in [0.4, 0.5) is 0 Å². The molecule has 1 aliphatic rings. The minimum Gasteiger partial charge on any atom is -0.313 e. The monoisotopic (exact) mass is 229 g/mol. The summed E-state index contributed by atoms with van der Waals surface area (Å²) in [5, 5.41) is 3.70. The first-order chi connectivity index (χ1) is 8.36. The van der Waals surface area contributed by atoms with E-state index < -0.39 is 0 Å². The number of benzene rings is 1. The SMILES string of the molecule is C=CC[C@H]1c2ccccc2CC[C@H]1NCCC. The molecular weight excluding hydrogens is 206 g/mol. The molecule has 0 radical (unpaired) electrons. The predicted octanol–water partition coefficient (Wildman–Crippen LogP) is 3.66. The molecule has 1 aliphatic carbocycles. The van der Waals surface area contributed by atoms with E-state index in [2.05, 4.69) is 49.2 Å². The van der Waals surface area contributed by atoms with E-state index in [1.54, 1.807) is 0 Å². The maximum atomic E-state index is 3.91. The highest BCUT2D eigenvalue weighted by Gasteiger charge is 2.27. The molecule has 1 N–H and O–H groups in total. The summed E-state index contributed by atoms with van der Waals surface area (Å²) >= 11 is 0. The Kier molecular flexibility index (Phi) is 4.38. The maximum absolute atomic E-state index is 3.91. The van der Waals surface area contributed by atoms with Crippen molar-refractivity contribution in [3.05, 3.63) is 48.0 Å². The van der Waals surface area contributed by atoms with Gasteiger partial charge in [0.25, 0.3) is 0 Å². The molecule has 17 heavy (non-hydrogen) atoms. The summed E-state index contributed by atoms with van der Waals surface area (Å²) in [4.78, 5) is 0. The third kappa shape index (κ3) is 2.78. The third-order valence-corrected chi connectivity index (χ3v) is 3.74. The summed E-state index contributed by atoms with van der Waals surface area (Å²) < 4.78 is 0. The van der Waals surface area contributed by atoms with E-state index in [4.69, 9.17) is 0 Å². The van der Waals surface area contributed by atoms with Gasteiger partial charge in [-0.2, -0.15) is 0 Å². The first-order valence-electron chi connectivity index (χ1n) is 6.79. The molecule has 1 heteroatoms. The van der Waals surface area contributed by atoms with Gasteiger partial charge in [0.15, 0.2) is 0 Å². The van der Waals surface area contributed by atoms with E-state index in [0.717, 1.165) is 13.0 Å². The molecule has 1 aromatic rings. The highest BCUT2D eigenvalue weighted by molar-refractivity contribution is 5.34. The van der Waals surface area contributed by atoms with Crippen LogP contribution >= 0.6 is 0 Å². The molecule has 0 aliphatic heterocycles. The summed E-state index contributed by atoms with van der Waals surface area (Å²) in [5.41, 5.74) is 3.07. The second-order valence-electron chi connectivity index (χ2n) is 4.93. The maximum Gasteiger partial charge on any atom is 0.0142 e. The summed E-state index contributed by atoms with van der Waals surface area (Å²) in [6.07, 6.45) is 6.82. The van der Waals surface area contributed by atoms with Crippen LogP contribution in [0.2, 0.25) is 0 Å². The Hall–Kier alpha value is -1.08. The number of rotatable bonds is 5. The molecule has 1 aromatic carbocycles. The minimum atomic E-state index is 0.615. The second-order valence-corrected chi connectivity index (χ2v) is 4.93. The predicted molar refractivity (Wildman–Crippen MR) is 74.4 cm³/mol. The van der Waals surface area contributed by atoms with E-state index in [1.165, 1.54) is 30.4 Å². The summed E-state index contributed by atoms with van der Waals surface area (Å²) in [7, 11) is 0. The van der Waals surface area contributed by atoms with Crippen molar-refractivity contribution in [3.8, 4) is 0 Å². The lowest BCUT2D eigenvalue weighted by Crippen LogP contribution is -2.38. The van der Waals surface area contributed by atoms with Gasteiger partial charge < -0.3 is 5.32 Å². The van der Waals surface area contributed by atoms with Gasteiger partial charge in [-0.3, -0.25) is 0 Å². The average molecular weight is 229 g/mol. The molecule has 2 rings (SSSR count). The van der Waals surface area contributed by atoms with Crippen LogP contribution in [0.3, 0.4) is 0 Å². The fraction of sp³-hybridized carbons (Fsp3) is 0.500. The van der Waals surface area contributed by atoms with Gasteiger partial charge in [0, 0.05) is 12.0 Å². The average Bonchev–Trinajstić information content (AvgIpc) is 2.38. The summed E-state index contributed by atoms with van der Waals surface area (Å²) in [5.74, 6) is 0.615. The van der Waals surface area contributed by atoms with E-state index in [-0.39, 0.29) is 0 Å². The van der Waals surface area contributed by atoms with Crippen molar-refractivity contribution in [2.45, 2.75) is 44.6 Å². The van der Waals surface area contributed by atoms with Crippen LogP contribution < -0.4 is 5.32 Å². The molecule has 0 saturated heterocycles. The van der Waals surface area contributed by atoms with E-state index in [9.17, 15) is 0 Å². The number of nitrogens with one attached hydrogen (secondary N) is 1. The number of hydrogen-bond donors (Lipinski definition) is 1. The van der Waals surface area contributed by atoms with Gasteiger partial charge in [0.05, 0.1) is 0 Å². The zero-order valence-electron chi connectivity index (χ0n) is 10.8. The quantitative estimate of drug-likeness (QED) is 0.760. The molecule has 0 unspecified atom stereocenters. The van der Waals surface area contributed by atoms with Crippen molar-refractivity contribution in [2.24, 2.45) is 0 Å². The molecule has 0 spiro atoms. The van der Waals surface area contributed by atoms with E-state index in [0.29, 0.717) is 12.0 Å². The van der Waals surface area contributed by atoms with Crippen molar-refractivity contribution >= 4 is 0 Å². The Morgan fingerprint density at radius 2 is 2.24 bits per heavy atom. The Balaban J connectivity index is 2.19. The fourth-order valence-electron chi connectivity index (χ4n) is 2.90. The molecule has 0 heterocycles. The van der Waals surface area contributed by atoms with Crippen molar-refractivity contribution in [2.75, 3.05) is 6.54 Å². The summed E-state index contributed by atoms with van der Waals surface area (Å²) in [6.45, 7) is 7.27. The van der Waals surface area contributed by atoms with Crippen LogP contribution in [0.25, 0.3) is 0 Å². The minimum absolute atomic E-state index is 0.615. The highest BCUT2D eigenvalue weighted by Crippen LogP contribution is 2.34. The van der Waals surface area contributed by atoms with E-state index in [1.807, 2.05) is 0 Å². The van der Waals surface area contributed by atoms with Gasteiger partial charge >= 0.3 is 0 Å². The lowest BCUT2D eigenvalue weighted by molar-refractivity contribution is 0.388. The topological polar surface area (TPSA) is 12.0 Å². The van der Waals surface area contributed by atoms with Gasteiger partial charge in [-0.1, -0.05) is 37.3 Å². The van der Waals surface area contributed by atoms with Crippen LogP contribution in [0.1, 0.15) is 43.2 Å². The van der Waals surface area contributed by atoms with E-state index >= 15 is 0 Å². The lowest BCUT2D eigenvalue weighted by atomic mass is 9.77. The van der Waals surface area contributed by atoms with Gasteiger partial charge in [0.2, 0.25) is 0 Å². The van der Waals surface area contributed by atoms with Crippen LogP contribution in [-0.4, -0.2) is 12.6 Å². The second kappa shape index (κ2) is 6.02. The molecule has 0 bridgehead atoms. The Morgan fingerprint density at radius 3 is 3.00 bits per heavy atom. The molecule has 0 amide bonds. The molecule has 0 saturated carbocycles. The van der Waals surface area contributed by atoms with Crippen molar-refractivity contribution in [3.63, 3.8) is 0 Å². The fourth-order valence-corrected chi connectivity index (χ4v) is 2.90. The van der Waals surface area contributed by atoms with Gasteiger partial charge in [-0.15, -0.1) is 6.58 Å². The largest absolute Gasteiger partial charge is 0.313 e. The zero-order valence-corrected chi connectivity index (χ0v) is 10.8. The van der Waals surface area contributed by atoms with Crippen molar-refractivity contribution in [1.82, 2.24) is 5.32 Å². The van der Waals surface area contributed by atoms with Gasteiger partial charge in [-0.05, 0) is 43.4 Å². The highest BCUT2D eigenvalue weighted by atomic mass is 14.9. The Bertz CT molecular complexity index is 370. The molecular formula is C16H23N. The number of allylic oxidation sites excluding steroid dienone is 1. The first-order valence-corrected chi connectivity index (χ1v) is 6.79. The van der Waals surface area contributed by atoms with Crippen molar-refractivity contribution < 1.29 is 0 Å². The molecule has 0 fully saturated rings. The number of fused-ring (bicyclic) bond motifs is 1. The van der Waals surface area contributed by atoms with Crippen LogP contribution in [0, 0.1) is 0 Å². The molecule has 0 aromatic heterocycles. The molecule has 1 nitrogen and oxygen atoms in total. The lowest BCUT2D eigenvalue weighted by Gasteiger charge is -2.34. The third-order valence-electron chi connectivity index (χ3n) is 3.74. The van der Waals surface area contributed by atoms with Crippen LogP contribution in [-0.2, 0) is 6.42 Å². The Labute approximate surface area is 105 Å². The molecule has 92 valence electrons. The van der Waals surface area contributed by atoms with Crippen LogP contribution in [0.15, 0.2) is 36.9 Å². The zero-order chi connectivity index (χ0) is 12.1.